The van der Waals surface area contributed by atoms with Crippen LogP contribution in [0.25, 0.3) is 11.5 Å². The zero-order valence-electron chi connectivity index (χ0n) is 40.8. The van der Waals surface area contributed by atoms with Gasteiger partial charge in [-0.25, -0.2) is 22.5 Å². The Morgan fingerprint density at radius 2 is 1.15 bits per heavy atom. The molecule has 73 heavy (non-hydrogen) atoms. The first-order chi connectivity index (χ1) is 34.9. The Bertz CT molecular complexity index is 2660. The van der Waals surface area contributed by atoms with Gasteiger partial charge in [0.25, 0.3) is 0 Å². The number of nitrogens with zero attached hydrogens (tertiary/aromatic N) is 2. The van der Waals surface area contributed by atoms with E-state index in [-0.39, 0.29) is 46.9 Å². The molecule has 7 aromatic rings. The van der Waals surface area contributed by atoms with E-state index in [1.165, 1.54) is 22.8 Å². The smallest absolute Gasteiger partial charge is 0.769 e. The molecule has 20 heteroatoms. The van der Waals surface area contributed by atoms with Gasteiger partial charge < -0.3 is 38.4 Å². The van der Waals surface area contributed by atoms with E-state index < -0.39 is 13.1 Å². The van der Waals surface area contributed by atoms with E-state index in [1.54, 1.807) is 36.4 Å². The normalized spacial score (nSPS) is 9.82. The maximum Gasteiger partial charge on any atom is 1.00 e. The number of carbonyl (C=O) groups excluding carboxylic acids is 2. The number of aromatic nitrogens is 2. The Kier molecular flexibility index (Phi) is 32.6. The third-order valence-corrected chi connectivity index (χ3v) is 11.3. The number of aryl methyl sites for hydroxylation is 1. The Morgan fingerprint density at radius 1 is 0.685 bits per heavy atom. The third kappa shape index (κ3) is 24.5. The van der Waals surface area contributed by atoms with Crippen LogP contribution >= 0.6 is 43.7 Å². The van der Waals surface area contributed by atoms with Gasteiger partial charge in [0.2, 0.25) is 17.7 Å². The van der Waals surface area contributed by atoms with Crippen LogP contribution < -0.4 is 65.2 Å². The van der Waals surface area contributed by atoms with E-state index in [0.717, 1.165) is 48.6 Å². The predicted molar refractivity (Wildman–Crippen MR) is 284 cm³/mol. The van der Waals surface area contributed by atoms with Crippen LogP contribution in [0.5, 0.6) is 17.2 Å². The van der Waals surface area contributed by atoms with Crippen molar-refractivity contribution < 1.29 is 82.4 Å². The molecule has 15 nitrogen and oxygen atoms in total. The molecule has 0 saturated carbocycles. The number of amides is 1. The molecule has 6 N–H and O–H groups in total. The summed E-state index contributed by atoms with van der Waals surface area (Å²) in [6.45, 7) is 5.58. The number of nitrogens with two attached hydrogens (primary N) is 1. The summed E-state index contributed by atoms with van der Waals surface area (Å²) in [5, 5.41) is 36.3. The molecule has 0 atom stereocenters. The number of rotatable bonds is 20. The van der Waals surface area contributed by atoms with Crippen molar-refractivity contribution in [3.63, 3.8) is 0 Å². The molecule has 1 aromatic heterocycles. The number of aromatic carboxylic acids is 1. The molecular weight excluding hydrogens is 1100 g/mol. The van der Waals surface area contributed by atoms with Gasteiger partial charge in [-0.2, -0.15) is 0 Å². The van der Waals surface area contributed by atoms with Gasteiger partial charge in [-0.3, -0.25) is 15.0 Å². The maximum atomic E-state index is 11.0. The molecule has 1 amide bonds. The fourth-order valence-corrected chi connectivity index (χ4v) is 7.02. The monoisotopic (exact) mass is 1150 g/mol. The van der Waals surface area contributed by atoms with Crippen molar-refractivity contribution in [3.8, 4) is 28.7 Å². The van der Waals surface area contributed by atoms with Crippen molar-refractivity contribution >= 4 is 74.5 Å². The number of nitrogens with one attached hydrogen (secondary N) is 1. The van der Waals surface area contributed by atoms with Crippen LogP contribution in [0, 0.1) is 0 Å². The number of carboxylic acid groups (broad SMARTS) is 1. The summed E-state index contributed by atoms with van der Waals surface area (Å²) in [7, 11) is -1.63. The molecule has 7 rings (SSSR count). The van der Waals surface area contributed by atoms with Gasteiger partial charge in [0.15, 0.2) is 6.29 Å². The van der Waals surface area contributed by atoms with E-state index in [2.05, 4.69) is 66.1 Å². The molecule has 1 heterocycles. The number of hydrazine groups is 1. The minimum absolute atomic E-state index is 0. The fraction of sp³-hybridized carbons (Fsp3) is 0.226. The quantitative estimate of drug-likeness (QED) is 0.0196. The molecule has 0 spiro atoms. The summed E-state index contributed by atoms with van der Waals surface area (Å²) < 4.78 is 31.7. The molecule has 380 valence electrons. The molecule has 0 radical (unpaired) electrons. The molecule has 0 aliphatic carbocycles. The summed E-state index contributed by atoms with van der Waals surface area (Å²) in [6, 6.07) is 45.6. The van der Waals surface area contributed by atoms with Gasteiger partial charge in [0.05, 0.1) is 25.4 Å². The van der Waals surface area contributed by atoms with E-state index in [1.807, 2.05) is 110 Å². The van der Waals surface area contributed by atoms with Crippen LogP contribution in [-0.4, -0.2) is 70.5 Å². The van der Waals surface area contributed by atoms with E-state index in [9.17, 15) is 24.4 Å². The number of hydrogen-bond donors (Lipinski definition) is 5. The van der Waals surface area contributed by atoms with Crippen molar-refractivity contribution in [1.29, 1.82) is 0 Å². The van der Waals surface area contributed by atoms with Gasteiger partial charge >= 0.3 is 42.6 Å². The summed E-state index contributed by atoms with van der Waals surface area (Å²) in [5.41, 5.74) is 7.22. The topological polar surface area (TPSA) is 240 Å². The number of ether oxygens (including phenoxy) is 3. The molecule has 0 fully saturated rings. The molecule has 0 unspecified atom stereocenters. The Labute approximate surface area is 470 Å². The second kappa shape index (κ2) is 37.4. The largest absolute Gasteiger partial charge is 1.00 e. The summed E-state index contributed by atoms with van der Waals surface area (Å²) in [6.07, 6.45) is 6.18. The van der Waals surface area contributed by atoms with E-state index >= 15 is 0 Å². The minimum Gasteiger partial charge on any atom is -0.769 e. The number of halogens is 3. The number of hydrogen-bond acceptors (Lipinski definition) is 13. The van der Waals surface area contributed by atoms with Gasteiger partial charge in [-0.1, -0.05) is 127 Å². The predicted octanol–water partition coefficient (Wildman–Crippen LogP) is 5.92. The zero-order chi connectivity index (χ0) is 52.5. The second-order valence-corrected chi connectivity index (χ2v) is 16.9. The molecule has 0 saturated heterocycles. The SMILES string of the molecule is CCCC(=O)NN.CCCc1nnc(-c2cc(OCCc3ccccc3)ccc2B(O)O)o1.O=C(O)c1cc(OCCc2ccccc2)ccc1Br.O=Cc1cc(OCCc2ccccc2)ccc1Br.[Na+].[O-]Cl. The van der Waals surface area contributed by atoms with Gasteiger partial charge in [-0.05, 0) is 99.5 Å². The van der Waals surface area contributed by atoms with Crippen LogP contribution in [0.1, 0.15) is 76.4 Å². The van der Waals surface area contributed by atoms with Crippen molar-refractivity contribution in [3.05, 3.63) is 188 Å². The standard InChI is InChI=1S/C19H21BN2O4.C15H13BrO3.C15H13BrO2.C4H10N2O.ClO.Na/c1-2-6-18-21-22-19(26-18)16-13-15(9-10-17(16)20(23)24)25-12-11-14-7-4-3-5-8-14;16-14-7-6-12(10-13(14)15(17)18)19-9-8-11-4-2-1-3-5-11;16-15-7-6-14(10-13(15)11-17)18-9-8-12-4-2-1-3-5-12;1-2-3-4(7)6-5;1-2;/h3-5,7-10,13,23-24H,2,6,11-12H2,1H3;1-7,10H,8-9H2,(H,17,18);1-7,10-11H,8-9H2;2-3,5H2,1H3,(H,6,7);;/q;;;;-1;+1. The molecule has 0 aliphatic heterocycles. The first-order valence-electron chi connectivity index (χ1n) is 22.7. The van der Waals surface area contributed by atoms with Gasteiger partial charge in [0, 0.05) is 52.2 Å². The third-order valence-electron chi connectivity index (χ3n) is 9.87. The zero-order valence-corrected chi connectivity index (χ0v) is 46.7. The average molecular weight is 1160 g/mol. The van der Waals surface area contributed by atoms with Gasteiger partial charge in [-0.15, -0.1) is 10.2 Å². The van der Waals surface area contributed by atoms with Gasteiger partial charge in [0.1, 0.15) is 17.2 Å². The van der Waals surface area contributed by atoms with E-state index in [4.69, 9.17) is 34.2 Å². The minimum atomic E-state index is -1.63. The van der Waals surface area contributed by atoms with Crippen molar-refractivity contribution in [1.82, 2.24) is 15.6 Å². The summed E-state index contributed by atoms with van der Waals surface area (Å²) in [4.78, 5) is 31.9. The summed E-state index contributed by atoms with van der Waals surface area (Å²) in [5.74, 6) is 6.36. The van der Waals surface area contributed by atoms with Crippen LogP contribution in [0.4, 0.5) is 0 Å². The van der Waals surface area contributed by atoms with Crippen LogP contribution in [0.15, 0.2) is 159 Å². The maximum absolute atomic E-state index is 11.0. The molecule has 0 bridgehead atoms. The fourth-order valence-electron chi connectivity index (χ4n) is 6.27. The average Bonchev–Trinajstić information content (AvgIpc) is 3.88. The van der Waals surface area contributed by atoms with Crippen LogP contribution in [0.2, 0.25) is 0 Å². The number of carbonyl (C=O) groups is 3. The van der Waals surface area contributed by atoms with Crippen LogP contribution in [0.3, 0.4) is 0 Å². The van der Waals surface area contributed by atoms with Crippen molar-refractivity contribution in [2.24, 2.45) is 5.84 Å². The molecule has 6 aromatic carbocycles. The first-order valence-corrected chi connectivity index (χ1v) is 24.6. The summed E-state index contributed by atoms with van der Waals surface area (Å²) >= 11 is 9.90. The first kappa shape index (κ1) is 63.7. The Hall–Kier alpha value is -5.38. The molecular formula is C53H57BBr2ClN4NaO11. The molecule has 0 aliphatic rings. The van der Waals surface area contributed by atoms with E-state index in [0.29, 0.717) is 71.1 Å². The second-order valence-electron chi connectivity index (χ2n) is 15.2. The number of carboxylic acids is 1. The Morgan fingerprint density at radius 3 is 1.58 bits per heavy atom. The van der Waals surface area contributed by atoms with Crippen LogP contribution in [-0.2, 0) is 30.5 Å². The Balaban J connectivity index is 0.000000349. The van der Waals surface area contributed by atoms with Crippen molar-refractivity contribution in [2.45, 2.75) is 58.8 Å². The number of aldehydes is 1. The van der Waals surface area contributed by atoms with Crippen molar-refractivity contribution in [2.75, 3.05) is 19.8 Å². The number of benzene rings is 6.